The Hall–Kier alpha value is -3.27. The number of hydrogen-bond donors (Lipinski definition) is 1. The number of benzene rings is 1. The van der Waals surface area contributed by atoms with Crippen LogP contribution in [0.5, 0.6) is 11.5 Å². The zero-order valence-electron chi connectivity index (χ0n) is 15.9. The Morgan fingerprint density at radius 3 is 2.89 bits per heavy atom. The number of nitrogens with one attached hydrogen (secondary N) is 1. The average Bonchev–Trinajstić information content (AvgIpc) is 3.19. The summed E-state index contributed by atoms with van der Waals surface area (Å²) < 4.78 is 12.5. The summed E-state index contributed by atoms with van der Waals surface area (Å²) in [4.78, 5) is 12.4. The standard InChI is InChI=1S/C21H24N4O3/c1-27-19-15-16(7-9-18(19)28-14-12-22)8-10-21(26)24-20-11-13-23-25(20)17-5-3-2-4-6-17/h7-11,13,15,17H,2-6,14H2,1H3,(H,24,26). The van der Waals surface area contributed by atoms with Crippen molar-refractivity contribution in [3.8, 4) is 17.6 Å². The molecule has 0 atom stereocenters. The third-order valence-corrected chi connectivity index (χ3v) is 4.75. The van der Waals surface area contributed by atoms with Gasteiger partial charge in [-0.1, -0.05) is 25.3 Å². The highest BCUT2D eigenvalue weighted by molar-refractivity contribution is 6.01. The molecule has 1 aromatic carbocycles. The van der Waals surface area contributed by atoms with Gasteiger partial charge in [0.2, 0.25) is 5.91 Å². The lowest BCUT2D eigenvalue weighted by molar-refractivity contribution is -0.111. The monoisotopic (exact) mass is 380 g/mol. The topological polar surface area (TPSA) is 89.2 Å². The van der Waals surface area contributed by atoms with E-state index >= 15 is 0 Å². The second-order valence-electron chi connectivity index (χ2n) is 6.63. The van der Waals surface area contributed by atoms with Crippen LogP contribution in [-0.2, 0) is 4.79 Å². The maximum absolute atomic E-state index is 12.4. The van der Waals surface area contributed by atoms with Crippen LogP contribution in [0.1, 0.15) is 43.7 Å². The molecule has 2 aromatic rings. The molecule has 1 aromatic heterocycles. The van der Waals surface area contributed by atoms with E-state index in [9.17, 15) is 4.79 Å². The summed E-state index contributed by atoms with van der Waals surface area (Å²) in [5, 5.41) is 15.9. The zero-order valence-corrected chi connectivity index (χ0v) is 15.9. The van der Waals surface area contributed by atoms with E-state index in [4.69, 9.17) is 14.7 Å². The van der Waals surface area contributed by atoms with Gasteiger partial charge in [0.25, 0.3) is 0 Å². The maximum Gasteiger partial charge on any atom is 0.249 e. The van der Waals surface area contributed by atoms with E-state index in [2.05, 4.69) is 10.4 Å². The molecule has 146 valence electrons. The number of ether oxygens (including phenoxy) is 2. The van der Waals surface area contributed by atoms with Gasteiger partial charge in [0, 0.05) is 12.1 Å². The van der Waals surface area contributed by atoms with E-state index in [0.29, 0.717) is 17.5 Å². The fourth-order valence-electron chi connectivity index (χ4n) is 3.39. The lowest BCUT2D eigenvalue weighted by atomic mass is 9.96. The number of hydrogen-bond acceptors (Lipinski definition) is 5. The van der Waals surface area contributed by atoms with Crippen molar-refractivity contribution < 1.29 is 14.3 Å². The van der Waals surface area contributed by atoms with Gasteiger partial charge in [-0.05, 0) is 36.6 Å². The van der Waals surface area contributed by atoms with Gasteiger partial charge in [0.15, 0.2) is 18.1 Å². The van der Waals surface area contributed by atoms with Crippen LogP contribution in [0.25, 0.3) is 6.08 Å². The zero-order chi connectivity index (χ0) is 19.8. The highest BCUT2D eigenvalue weighted by Crippen LogP contribution is 2.30. The van der Waals surface area contributed by atoms with Crippen molar-refractivity contribution in [3.63, 3.8) is 0 Å². The third kappa shape index (κ3) is 4.92. The van der Waals surface area contributed by atoms with Gasteiger partial charge in [0.1, 0.15) is 11.9 Å². The molecular formula is C21H24N4O3. The van der Waals surface area contributed by atoms with Crippen LogP contribution >= 0.6 is 0 Å². The maximum atomic E-state index is 12.4. The third-order valence-electron chi connectivity index (χ3n) is 4.75. The summed E-state index contributed by atoms with van der Waals surface area (Å²) >= 11 is 0. The second kappa shape index (κ2) is 9.60. The van der Waals surface area contributed by atoms with Gasteiger partial charge in [-0.15, -0.1) is 0 Å². The number of carbonyl (C=O) groups is 1. The summed E-state index contributed by atoms with van der Waals surface area (Å²) in [6.07, 6.45) is 10.8. The fourth-order valence-corrected chi connectivity index (χ4v) is 3.39. The smallest absolute Gasteiger partial charge is 0.249 e. The molecule has 28 heavy (non-hydrogen) atoms. The molecule has 1 aliphatic rings. The summed E-state index contributed by atoms with van der Waals surface area (Å²) in [5.74, 6) is 1.50. The van der Waals surface area contributed by atoms with E-state index < -0.39 is 0 Å². The Kier molecular flexibility index (Phi) is 6.68. The molecule has 0 spiro atoms. The number of nitriles is 1. The fraction of sp³-hybridized carbons (Fsp3) is 0.381. The molecule has 0 unspecified atom stereocenters. The number of rotatable bonds is 7. The molecule has 1 fully saturated rings. The normalized spacial score (nSPS) is 14.6. The minimum absolute atomic E-state index is 0.0529. The van der Waals surface area contributed by atoms with E-state index in [1.54, 1.807) is 30.5 Å². The summed E-state index contributed by atoms with van der Waals surface area (Å²) in [6, 6.07) is 9.36. The van der Waals surface area contributed by atoms with E-state index in [1.807, 2.05) is 16.8 Å². The van der Waals surface area contributed by atoms with Crippen LogP contribution in [-0.4, -0.2) is 29.4 Å². The Morgan fingerprint density at radius 2 is 2.14 bits per heavy atom. The van der Waals surface area contributed by atoms with Crippen molar-refractivity contribution in [1.82, 2.24) is 9.78 Å². The van der Waals surface area contributed by atoms with Crippen molar-refractivity contribution in [3.05, 3.63) is 42.1 Å². The van der Waals surface area contributed by atoms with E-state index in [0.717, 1.165) is 24.2 Å². The molecule has 1 saturated carbocycles. The van der Waals surface area contributed by atoms with Crippen molar-refractivity contribution in [2.75, 3.05) is 19.0 Å². The number of aromatic nitrogens is 2. The molecule has 1 amide bonds. The average molecular weight is 380 g/mol. The number of amides is 1. The molecule has 7 heteroatoms. The largest absolute Gasteiger partial charge is 0.493 e. The van der Waals surface area contributed by atoms with Crippen LogP contribution in [0.2, 0.25) is 0 Å². The van der Waals surface area contributed by atoms with Crippen molar-refractivity contribution >= 4 is 17.8 Å². The molecule has 0 aliphatic heterocycles. The van der Waals surface area contributed by atoms with Gasteiger partial charge in [-0.25, -0.2) is 4.68 Å². The first-order valence-corrected chi connectivity index (χ1v) is 9.41. The summed E-state index contributed by atoms with van der Waals surface area (Å²) in [6.45, 7) is -0.0529. The molecule has 7 nitrogen and oxygen atoms in total. The first-order chi connectivity index (χ1) is 13.7. The molecule has 1 aliphatic carbocycles. The SMILES string of the molecule is COc1cc(C=CC(=O)Nc2ccnn2C2CCCCC2)ccc1OCC#N. The molecule has 1 heterocycles. The minimum atomic E-state index is -0.221. The van der Waals surface area contributed by atoms with Crippen LogP contribution in [0.15, 0.2) is 36.5 Å². The van der Waals surface area contributed by atoms with Gasteiger partial charge in [-0.3, -0.25) is 4.79 Å². The summed E-state index contributed by atoms with van der Waals surface area (Å²) in [5.41, 5.74) is 0.789. The molecule has 0 radical (unpaired) electrons. The van der Waals surface area contributed by atoms with Gasteiger partial charge < -0.3 is 14.8 Å². The molecule has 1 N–H and O–H groups in total. The van der Waals surface area contributed by atoms with Crippen LogP contribution in [0.4, 0.5) is 5.82 Å². The lowest BCUT2D eigenvalue weighted by Crippen LogP contribution is -2.19. The van der Waals surface area contributed by atoms with Crippen LogP contribution < -0.4 is 14.8 Å². The number of nitrogens with zero attached hydrogens (tertiary/aromatic N) is 3. The Bertz CT molecular complexity index is 876. The van der Waals surface area contributed by atoms with Crippen LogP contribution in [0, 0.1) is 11.3 Å². The van der Waals surface area contributed by atoms with Gasteiger partial charge in [-0.2, -0.15) is 10.4 Å². The van der Waals surface area contributed by atoms with Crippen molar-refractivity contribution in [1.29, 1.82) is 5.26 Å². The molecule has 0 saturated heterocycles. The van der Waals surface area contributed by atoms with Gasteiger partial charge >= 0.3 is 0 Å². The Morgan fingerprint density at radius 1 is 1.32 bits per heavy atom. The Balaban J connectivity index is 1.64. The van der Waals surface area contributed by atoms with Gasteiger partial charge in [0.05, 0.1) is 19.3 Å². The molecule has 0 bridgehead atoms. The minimum Gasteiger partial charge on any atom is -0.493 e. The molecule has 3 rings (SSSR count). The first kappa shape index (κ1) is 19.5. The highest BCUT2D eigenvalue weighted by Gasteiger charge is 2.18. The summed E-state index contributed by atoms with van der Waals surface area (Å²) in [7, 11) is 1.53. The predicted octanol–water partition coefficient (Wildman–Crippen LogP) is 3.95. The first-order valence-electron chi connectivity index (χ1n) is 9.41. The van der Waals surface area contributed by atoms with Crippen molar-refractivity contribution in [2.45, 2.75) is 38.1 Å². The van der Waals surface area contributed by atoms with E-state index in [1.165, 1.54) is 32.4 Å². The predicted molar refractivity (Wildman–Crippen MR) is 106 cm³/mol. The lowest BCUT2D eigenvalue weighted by Gasteiger charge is -2.23. The quantitative estimate of drug-likeness (QED) is 0.735. The highest BCUT2D eigenvalue weighted by atomic mass is 16.5. The van der Waals surface area contributed by atoms with Crippen LogP contribution in [0.3, 0.4) is 0 Å². The van der Waals surface area contributed by atoms with E-state index in [-0.39, 0.29) is 12.5 Å². The second-order valence-corrected chi connectivity index (χ2v) is 6.63. The Labute approximate surface area is 164 Å². The number of methoxy groups -OCH3 is 1. The number of carbonyl (C=O) groups excluding carboxylic acids is 1. The molecular weight excluding hydrogens is 356 g/mol. The van der Waals surface area contributed by atoms with Crippen molar-refractivity contribution in [2.24, 2.45) is 0 Å². The number of anilines is 1.